The third-order valence-electron chi connectivity index (χ3n) is 1.24. The largest absolute Gasteiger partial charge is 0.333 e. The average Bonchev–Trinajstić information content (AvgIpc) is 1.65. The predicted octanol–water partition coefficient (Wildman–Crippen LogP) is 0.874. The molecule has 0 amide bonds. The lowest BCUT2D eigenvalue weighted by Gasteiger charge is -2.32. The lowest BCUT2D eigenvalue weighted by molar-refractivity contribution is 0.386. The van der Waals surface area contributed by atoms with Gasteiger partial charge in [-0.05, 0) is 20.8 Å². The monoisotopic (exact) mass is 289 g/mol. The van der Waals surface area contributed by atoms with E-state index >= 15 is 0 Å². The van der Waals surface area contributed by atoms with Crippen LogP contribution in [0.15, 0.2) is 0 Å². The summed E-state index contributed by atoms with van der Waals surface area (Å²) < 4.78 is 2.55. The van der Waals surface area contributed by atoms with E-state index in [-0.39, 0.29) is 16.6 Å². The number of nitrogens with zero attached hydrogens (tertiary/aromatic N) is 1. The Balaban J connectivity index is 3.79. The molecule has 0 aliphatic carbocycles. The number of halogens is 2. The van der Waals surface area contributed by atoms with Crippen LogP contribution in [0.2, 0.25) is 0 Å². The maximum Gasteiger partial charge on any atom is 0.165 e. The fourth-order valence-electron chi connectivity index (χ4n) is 0.391. The lowest BCUT2D eigenvalue weighted by atomic mass is 10.1. The van der Waals surface area contributed by atoms with Gasteiger partial charge in [0.1, 0.15) is 0 Å². The van der Waals surface area contributed by atoms with Crippen LogP contribution in [0.4, 0.5) is 0 Å². The van der Waals surface area contributed by atoms with Crippen molar-refractivity contribution in [2.75, 3.05) is 0 Å². The lowest BCUT2D eigenvalue weighted by Crippen LogP contribution is -2.42. The van der Waals surface area contributed by atoms with Gasteiger partial charge in [0.15, 0.2) is 16.6 Å². The zero-order valence-corrected chi connectivity index (χ0v) is 12.1. The second-order valence-electron chi connectivity index (χ2n) is 2.95. The van der Waals surface area contributed by atoms with E-state index in [2.05, 4.69) is 55.6 Å². The summed E-state index contributed by atoms with van der Waals surface area (Å²) in [4.78, 5) is 0. The SMILES string of the molecule is CC(C)(C)N([SiH2]Br)[SiH2]Br. The Morgan fingerprint density at radius 1 is 1.11 bits per heavy atom. The van der Waals surface area contributed by atoms with Crippen molar-refractivity contribution in [2.24, 2.45) is 0 Å². The van der Waals surface area contributed by atoms with Crippen molar-refractivity contribution in [3.05, 3.63) is 0 Å². The fourth-order valence-corrected chi connectivity index (χ4v) is 13.4. The van der Waals surface area contributed by atoms with Crippen LogP contribution in [-0.2, 0) is 0 Å². The second-order valence-corrected chi connectivity index (χ2v) is 8.86. The Morgan fingerprint density at radius 2 is 1.44 bits per heavy atom. The Hall–Kier alpha value is 1.35. The van der Waals surface area contributed by atoms with Crippen molar-refractivity contribution < 1.29 is 0 Å². The van der Waals surface area contributed by atoms with Crippen LogP contribution in [0.1, 0.15) is 20.8 Å². The summed E-state index contributed by atoms with van der Waals surface area (Å²) in [6.45, 7) is 6.78. The first-order chi connectivity index (χ1) is 4.02. The van der Waals surface area contributed by atoms with Gasteiger partial charge in [0.2, 0.25) is 0 Å². The van der Waals surface area contributed by atoms with Gasteiger partial charge >= 0.3 is 0 Å². The first-order valence-corrected chi connectivity index (χ1v) is 12.0. The Kier molecular flexibility index (Phi) is 4.92. The van der Waals surface area contributed by atoms with Gasteiger partial charge in [0, 0.05) is 5.54 Å². The minimum atomic E-state index is -0.116. The molecule has 0 spiro atoms. The molecule has 0 aliphatic heterocycles. The highest BCUT2D eigenvalue weighted by Gasteiger charge is 2.17. The Labute approximate surface area is 77.5 Å². The van der Waals surface area contributed by atoms with E-state index in [1.165, 1.54) is 0 Å². The molecule has 1 nitrogen and oxygen atoms in total. The van der Waals surface area contributed by atoms with E-state index < -0.39 is 0 Å². The highest BCUT2D eigenvalue weighted by Crippen LogP contribution is 2.12. The predicted molar refractivity (Wildman–Crippen MR) is 56.5 cm³/mol. The van der Waals surface area contributed by atoms with E-state index in [1.54, 1.807) is 0 Å². The van der Waals surface area contributed by atoms with Crippen LogP contribution in [0.5, 0.6) is 0 Å². The molecule has 0 fully saturated rings. The van der Waals surface area contributed by atoms with Crippen molar-refractivity contribution >= 4 is 47.2 Å². The molecular weight excluding hydrogens is 278 g/mol. The standard InChI is InChI=1S/C4H13Br2NSi2/c1-4(2,3)7(8-5)9-6/h8-9H2,1-3H3. The molecule has 0 radical (unpaired) electrons. The smallest absolute Gasteiger partial charge is 0.165 e. The van der Waals surface area contributed by atoms with Crippen molar-refractivity contribution in [1.29, 1.82) is 0 Å². The zero-order valence-electron chi connectivity index (χ0n) is 6.12. The summed E-state index contributed by atoms with van der Waals surface area (Å²) in [6, 6.07) is 0. The van der Waals surface area contributed by atoms with Crippen molar-refractivity contribution in [2.45, 2.75) is 26.3 Å². The molecule has 0 unspecified atom stereocenters. The van der Waals surface area contributed by atoms with Crippen LogP contribution in [0, 0.1) is 0 Å². The highest BCUT2D eigenvalue weighted by atomic mass is 79.9. The van der Waals surface area contributed by atoms with Crippen LogP contribution in [-0.4, -0.2) is 26.4 Å². The van der Waals surface area contributed by atoms with Crippen LogP contribution < -0.4 is 0 Å². The molecule has 5 heteroatoms. The van der Waals surface area contributed by atoms with E-state index in [0.717, 1.165) is 0 Å². The molecule has 0 aromatic rings. The molecule has 0 bridgehead atoms. The van der Waals surface area contributed by atoms with Crippen LogP contribution in [0.3, 0.4) is 0 Å². The minimum Gasteiger partial charge on any atom is -0.333 e. The van der Waals surface area contributed by atoms with Gasteiger partial charge in [-0.15, -0.1) is 30.6 Å². The number of hydrogen-bond donors (Lipinski definition) is 0. The fraction of sp³-hybridized carbons (Fsp3) is 1.00. The summed E-state index contributed by atoms with van der Waals surface area (Å²) in [5.41, 5.74) is 0.380. The molecule has 0 saturated carbocycles. The molecule has 0 N–H and O–H groups in total. The van der Waals surface area contributed by atoms with Crippen LogP contribution in [0.25, 0.3) is 0 Å². The van der Waals surface area contributed by atoms with E-state index in [4.69, 9.17) is 0 Å². The summed E-state index contributed by atoms with van der Waals surface area (Å²) in [5.74, 6) is 0. The normalized spacial score (nSPS) is 15.3. The Bertz CT molecular complexity index is 79.1. The van der Waals surface area contributed by atoms with Gasteiger partial charge < -0.3 is 4.23 Å². The topological polar surface area (TPSA) is 3.24 Å². The molecule has 0 saturated heterocycles. The molecule has 56 valence electrons. The molecule has 0 heterocycles. The molecule has 0 aromatic carbocycles. The molecular formula is C4H13Br2NSi2. The van der Waals surface area contributed by atoms with Gasteiger partial charge in [0.05, 0.1) is 0 Å². The summed E-state index contributed by atoms with van der Waals surface area (Å²) in [6.07, 6.45) is 0. The molecule has 0 aliphatic rings. The van der Waals surface area contributed by atoms with Gasteiger partial charge in [-0.1, -0.05) is 0 Å². The van der Waals surface area contributed by atoms with E-state index in [9.17, 15) is 0 Å². The van der Waals surface area contributed by atoms with E-state index in [1.807, 2.05) is 0 Å². The first kappa shape index (κ1) is 10.4. The zero-order chi connectivity index (χ0) is 7.49. The maximum atomic E-state index is 3.58. The van der Waals surface area contributed by atoms with Gasteiger partial charge in [0.25, 0.3) is 0 Å². The van der Waals surface area contributed by atoms with Gasteiger partial charge in [-0.3, -0.25) is 0 Å². The third kappa shape index (κ3) is 3.92. The van der Waals surface area contributed by atoms with E-state index in [0.29, 0.717) is 5.54 Å². The average molecular weight is 291 g/mol. The molecule has 0 rings (SSSR count). The molecule has 9 heavy (non-hydrogen) atoms. The summed E-state index contributed by atoms with van der Waals surface area (Å²) in [5, 5.41) is 0. The Morgan fingerprint density at radius 3 is 1.44 bits per heavy atom. The quantitative estimate of drug-likeness (QED) is 0.539. The third-order valence-corrected chi connectivity index (χ3v) is 12.6. The summed E-state index contributed by atoms with van der Waals surface area (Å²) in [7, 11) is -0.231. The van der Waals surface area contributed by atoms with Gasteiger partial charge in [-0.25, -0.2) is 0 Å². The number of rotatable bonds is 2. The van der Waals surface area contributed by atoms with Crippen LogP contribution >= 0.6 is 30.6 Å². The molecule has 0 atom stereocenters. The summed E-state index contributed by atoms with van der Waals surface area (Å²) >= 11 is 7.16. The highest BCUT2D eigenvalue weighted by molar-refractivity contribution is 9.24. The maximum absolute atomic E-state index is 3.58. The van der Waals surface area contributed by atoms with Crippen molar-refractivity contribution in [3.8, 4) is 0 Å². The second kappa shape index (κ2) is 4.28. The minimum absolute atomic E-state index is 0.116. The van der Waals surface area contributed by atoms with Gasteiger partial charge in [-0.2, -0.15) is 0 Å². The van der Waals surface area contributed by atoms with Crippen molar-refractivity contribution in [1.82, 2.24) is 4.23 Å². The van der Waals surface area contributed by atoms with Crippen molar-refractivity contribution in [3.63, 3.8) is 0 Å². The first-order valence-electron chi connectivity index (χ1n) is 2.89. The molecule has 0 aromatic heterocycles. The number of hydrogen-bond acceptors (Lipinski definition) is 1.